The summed E-state index contributed by atoms with van der Waals surface area (Å²) in [5.74, 6) is -0.274. The summed E-state index contributed by atoms with van der Waals surface area (Å²) in [4.78, 5) is 14.9. The standard InChI is InChI=1S/C12H15NO2/c1-2-15-12(14)8-4-3-6-11-7-5-9-13-10-11/h4-5,7-10H,2-3,6H2,1H3. The Morgan fingerprint density at radius 2 is 2.47 bits per heavy atom. The molecule has 0 radical (unpaired) electrons. The van der Waals surface area contributed by atoms with Crippen molar-refractivity contribution < 1.29 is 9.53 Å². The minimum Gasteiger partial charge on any atom is -0.463 e. The van der Waals surface area contributed by atoms with Gasteiger partial charge in [-0.25, -0.2) is 4.79 Å². The van der Waals surface area contributed by atoms with E-state index < -0.39 is 0 Å². The normalized spacial score (nSPS) is 10.5. The molecule has 0 aromatic carbocycles. The summed E-state index contributed by atoms with van der Waals surface area (Å²) in [5.41, 5.74) is 1.17. The molecule has 0 amide bonds. The van der Waals surface area contributed by atoms with Crippen molar-refractivity contribution >= 4 is 5.97 Å². The third kappa shape index (κ3) is 4.96. The first-order chi connectivity index (χ1) is 7.33. The van der Waals surface area contributed by atoms with Crippen LogP contribution in [0.5, 0.6) is 0 Å². The predicted molar refractivity (Wildman–Crippen MR) is 58.3 cm³/mol. The molecule has 0 unspecified atom stereocenters. The lowest BCUT2D eigenvalue weighted by Crippen LogP contribution is -1.98. The van der Waals surface area contributed by atoms with E-state index in [1.54, 1.807) is 13.1 Å². The lowest BCUT2D eigenvalue weighted by molar-refractivity contribution is -0.137. The van der Waals surface area contributed by atoms with Gasteiger partial charge in [-0.15, -0.1) is 0 Å². The predicted octanol–water partition coefficient (Wildman–Crippen LogP) is 2.13. The zero-order valence-electron chi connectivity index (χ0n) is 8.85. The van der Waals surface area contributed by atoms with Crippen LogP contribution in [0.1, 0.15) is 18.9 Å². The van der Waals surface area contributed by atoms with Gasteiger partial charge in [-0.3, -0.25) is 4.98 Å². The van der Waals surface area contributed by atoms with Crippen LogP contribution in [0.25, 0.3) is 0 Å². The zero-order valence-corrected chi connectivity index (χ0v) is 8.85. The molecule has 3 heteroatoms. The number of hydrogen-bond acceptors (Lipinski definition) is 3. The molecule has 0 aliphatic heterocycles. The van der Waals surface area contributed by atoms with Crippen LogP contribution in [0.15, 0.2) is 36.7 Å². The van der Waals surface area contributed by atoms with E-state index in [0.717, 1.165) is 12.8 Å². The van der Waals surface area contributed by atoms with Crippen molar-refractivity contribution in [1.82, 2.24) is 4.98 Å². The first kappa shape index (κ1) is 11.4. The SMILES string of the molecule is CCOC(=O)C=CCCc1cccnc1. The van der Waals surface area contributed by atoms with Gasteiger partial charge in [-0.05, 0) is 31.4 Å². The molecule has 0 saturated carbocycles. The molecule has 15 heavy (non-hydrogen) atoms. The van der Waals surface area contributed by atoms with Crippen LogP contribution < -0.4 is 0 Å². The lowest BCUT2D eigenvalue weighted by Gasteiger charge is -1.96. The fraction of sp³-hybridized carbons (Fsp3) is 0.333. The van der Waals surface area contributed by atoms with Gasteiger partial charge in [0.15, 0.2) is 0 Å². The van der Waals surface area contributed by atoms with Crippen LogP contribution in [0, 0.1) is 0 Å². The second-order valence-corrected chi connectivity index (χ2v) is 3.05. The maximum absolute atomic E-state index is 10.9. The van der Waals surface area contributed by atoms with Gasteiger partial charge in [0.25, 0.3) is 0 Å². The molecular weight excluding hydrogens is 190 g/mol. The molecule has 0 spiro atoms. The van der Waals surface area contributed by atoms with E-state index in [1.165, 1.54) is 11.6 Å². The van der Waals surface area contributed by atoms with E-state index >= 15 is 0 Å². The Kier molecular flexibility index (Phi) is 5.15. The van der Waals surface area contributed by atoms with Crippen LogP contribution in [0.2, 0.25) is 0 Å². The van der Waals surface area contributed by atoms with E-state index in [1.807, 2.05) is 24.4 Å². The lowest BCUT2D eigenvalue weighted by atomic mass is 10.1. The van der Waals surface area contributed by atoms with E-state index in [9.17, 15) is 4.79 Å². The maximum Gasteiger partial charge on any atom is 0.330 e. The number of nitrogens with zero attached hydrogens (tertiary/aromatic N) is 1. The number of hydrogen-bond donors (Lipinski definition) is 0. The van der Waals surface area contributed by atoms with Gasteiger partial charge in [-0.1, -0.05) is 12.1 Å². The highest BCUT2D eigenvalue weighted by Crippen LogP contribution is 2.00. The van der Waals surface area contributed by atoms with Crippen molar-refractivity contribution in [3.8, 4) is 0 Å². The molecular formula is C12H15NO2. The second-order valence-electron chi connectivity index (χ2n) is 3.05. The minimum absolute atomic E-state index is 0.274. The minimum atomic E-state index is -0.274. The van der Waals surface area contributed by atoms with E-state index in [0.29, 0.717) is 6.61 Å². The Hall–Kier alpha value is -1.64. The number of pyridine rings is 1. The summed E-state index contributed by atoms with van der Waals surface area (Å²) in [6.45, 7) is 2.22. The highest BCUT2D eigenvalue weighted by atomic mass is 16.5. The van der Waals surface area contributed by atoms with Gasteiger partial charge in [0.2, 0.25) is 0 Å². The number of rotatable bonds is 5. The van der Waals surface area contributed by atoms with E-state index in [4.69, 9.17) is 4.74 Å². The molecule has 0 aliphatic rings. The van der Waals surface area contributed by atoms with Crippen molar-refractivity contribution in [2.75, 3.05) is 6.61 Å². The van der Waals surface area contributed by atoms with Crippen molar-refractivity contribution in [2.45, 2.75) is 19.8 Å². The number of aromatic nitrogens is 1. The van der Waals surface area contributed by atoms with Gasteiger partial charge < -0.3 is 4.74 Å². The first-order valence-corrected chi connectivity index (χ1v) is 5.05. The molecule has 0 N–H and O–H groups in total. The Morgan fingerprint density at radius 3 is 3.13 bits per heavy atom. The summed E-state index contributed by atoms with van der Waals surface area (Å²) in [5, 5.41) is 0. The highest BCUT2D eigenvalue weighted by molar-refractivity contribution is 5.81. The van der Waals surface area contributed by atoms with Gasteiger partial charge in [-0.2, -0.15) is 0 Å². The number of esters is 1. The number of carbonyl (C=O) groups is 1. The number of carbonyl (C=O) groups excluding carboxylic acids is 1. The quantitative estimate of drug-likeness (QED) is 0.546. The van der Waals surface area contributed by atoms with Crippen LogP contribution in [-0.4, -0.2) is 17.6 Å². The van der Waals surface area contributed by atoms with Crippen molar-refractivity contribution in [3.05, 3.63) is 42.2 Å². The molecule has 0 saturated heterocycles. The monoisotopic (exact) mass is 205 g/mol. The van der Waals surface area contributed by atoms with Crippen molar-refractivity contribution in [3.63, 3.8) is 0 Å². The third-order valence-electron chi connectivity index (χ3n) is 1.86. The first-order valence-electron chi connectivity index (χ1n) is 5.05. The van der Waals surface area contributed by atoms with Crippen molar-refractivity contribution in [1.29, 1.82) is 0 Å². The van der Waals surface area contributed by atoms with Crippen LogP contribution in [-0.2, 0) is 16.0 Å². The summed E-state index contributed by atoms with van der Waals surface area (Å²) in [6.07, 6.45) is 8.59. The molecule has 1 aromatic heterocycles. The van der Waals surface area contributed by atoms with Gasteiger partial charge in [0, 0.05) is 18.5 Å². The second kappa shape index (κ2) is 6.76. The van der Waals surface area contributed by atoms with Gasteiger partial charge in [0.05, 0.1) is 6.61 Å². The molecule has 0 aliphatic carbocycles. The van der Waals surface area contributed by atoms with Crippen molar-refractivity contribution in [2.24, 2.45) is 0 Å². The molecule has 1 aromatic rings. The number of ether oxygens (including phenoxy) is 1. The Labute approximate surface area is 89.8 Å². The topological polar surface area (TPSA) is 39.2 Å². The van der Waals surface area contributed by atoms with Crippen LogP contribution >= 0.6 is 0 Å². The molecule has 80 valence electrons. The fourth-order valence-corrected chi connectivity index (χ4v) is 1.17. The Balaban J connectivity index is 2.24. The summed E-state index contributed by atoms with van der Waals surface area (Å²) < 4.78 is 4.76. The Morgan fingerprint density at radius 1 is 1.60 bits per heavy atom. The maximum atomic E-state index is 10.9. The summed E-state index contributed by atoms with van der Waals surface area (Å²) in [7, 11) is 0. The summed E-state index contributed by atoms with van der Waals surface area (Å²) >= 11 is 0. The van der Waals surface area contributed by atoms with Crippen LogP contribution in [0.4, 0.5) is 0 Å². The molecule has 0 bridgehead atoms. The number of aryl methyl sites for hydroxylation is 1. The zero-order chi connectivity index (χ0) is 10.9. The molecule has 3 nitrogen and oxygen atoms in total. The smallest absolute Gasteiger partial charge is 0.330 e. The molecule has 0 fully saturated rings. The molecule has 0 atom stereocenters. The molecule has 1 heterocycles. The average molecular weight is 205 g/mol. The Bertz CT molecular complexity index is 320. The highest BCUT2D eigenvalue weighted by Gasteiger charge is 1.93. The third-order valence-corrected chi connectivity index (χ3v) is 1.86. The average Bonchev–Trinajstić information content (AvgIpc) is 2.26. The van der Waals surface area contributed by atoms with Gasteiger partial charge >= 0.3 is 5.97 Å². The van der Waals surface area contributed by atoms with E-state index in [-0.39, 0.29) is 5.97 Å². The van der Waals surface area contributed by atoms with Gasteiger partial charge in [0.1, 0.15) is 0 Å². The number of allylic oxidation sites excluding steroid dienone is 1. The summed E-state index contributed by atoms with van der Waals surface area (Å²) in [6, 6.07) is 3.93. The fourth-order valence-electron chi connectivity index (χ4n) is 1.17. The molecule has 1 rings (SSSR count). The van der Waals surface area contributed by atoms with Crippen LogP contribution in [0.3, 0.4) is 0 Å². The van der Waals surface area contributed by atoms with E-state index in [2.05, 4.69) is 4.98 Å². The largest absolute Gasteiger partial charge is 0.463 e.